The van der Waals surface area contributed by atoms with Crippen molar-refractivity contribution in [1.29, 1.82) is 0 Å². The molecule has 1 atom stereocenters. The van der Waals surface area contributed by atoms with Crippen molar-refractivity contribution >= 4 is 5.91 Å². The number of rotatable bonds is 3. The molecule has 4 rings (SSSR count). The summed E-state index contributed by atoms with van der Waals surface area (Å²) in [5.41, 5.74) is 5.36. The molecule has 2 aromatic rings. The average molecular weight is 337 g/mol. The topological polar surface area (TPSA) is 49.8 Å². The van der Waals surface area contributed by atoms with Crippen LogP contribution < -0.4 is 4.74 Å². The number of ether oxygens (including phenoxy) is 1. The number of carbonyl (C=O) groups is 1. The minimum atomic E-state index is 0.00417. The van der Waals surface area contributed by atoms with E-state index in [2.05, 4.69) is 6.07 Å². The third kappa shape index (κ3) is 2.39. The predicted molar refractivity (Wildman–Crippen MR) is 96.9 cm³/mol. The first-order valence-electron chi connectivity index (χ1n) is 8.96. The fourth-order valence-corrected chi connectivity index (χ4v) is 4.30. The second-order valence-electron chi connectivity index (χ2n) is 6.84. The zero-order valence-electron chi connectivity index (χ0n) is 14.7. The zero-order valence-corrected chi connectivity index (χ0v) is 14.7. The number of phenols is 1. The standard InChI is InChI=1S/C21H23NO3/c1-3-6-18(23)22-10-9-14-12-17(25-2)21(24)20-15-8-5-4-7-13(15)11-16(22)19(14)20/h4-5,7-8,12,16,24H,3,6,9-11H2,1-2H3/t16-/m0/s1. The average Bonchev–Trinajstić information content (AvgIpc) is 2.63. The quantitative estimate of drug-likeness (QED) is 0.925. The van der Waals surface area contributed by atoms with Gasteiger partial charge in [0.1, 0.15) is 0 Å². The fourth-order valence-electron chi connectivity index (χ4n) is 4.30. The van der Waals surface area contributed by atoms with Gasteiger partial charge in [-0.1, -0.05) is 31.2 Å². The largest absolute Gasteiger partial charge is 0.504 e. The van der Waals surface area contributed by atoms with E-state index in [0.717, 1.165) is 42.5 Å². The number of hydrogen-bond acceptors (Lipinski definition) is 3. The molecule has 4 nitrogen and oxygen atoms in total. The summed E-state index contributed by atoms with van der Waals surface area (Å²) in [7, 11) is 1.58. The molecule has 0 fully saturated rings. The molecule has 4 heteroatoms. The highest BCUT2D eigenvalue weighted by atomic mass is 16.5. The minimum absolute atomic E-state index is 0.00417. The first-order valence-corrected chi connectivity index (χ1v) is 8.96. The van der Waals surface area contributed by atoms with Crippen LogP contribution in [-0.4, -0.2) is 29.6 Å². The highest BCUT2D eigenvalue weighted by Gasteiger charge is 2.38. The van der Waals surface area contributed by atoms with E-state index in [9.17, 15) is 9.90 Å². The number of phenolic OH excluding ortho intramolecular Hbond substituents is 1. The van der Waals surface area contributed by atoms with Crippen molar-refractivity contribution in [3.63, 3.8) is 0 Å². The number of hydrogen-bond donors (Lipinski definition) is 1. The van der Waals surface area contributed by atoms with Gasteiger partial charge in [0, 0.05) is 18.5 Å². The summed E-state index contributed by atoms with van der Waals surface area (Å²) in [6.45, 7) is 2.76. The Bertz CT molecular complexity index is 843. The summed E-state index contributed by atoms with van der Waals surface area (Å²) in [5, 5.41) is 10.8. The van der Waals surface area contributed by atoms with E-state index < -0.39 is 0 Å². The van der Waals surface area contributed by atoms with Gasteiger partial charge in [0.2, 0.25) is 5.91 Å². The van der Waals surface area contributed by atoms with Gasteiger partial charge in [-0.2, -0.15) is 0 Å². The Hall–Kier alpha value is -2.49. The SMILES string of the molecule is CCCC(=O)N1CCc2cc(OC)c(O)c3c2[C@@H]1Cc1ccccc1-3. The van der Waals surface area contributed by atoms with Gasteiger partial charge in [0.25, 0.3) is 0 Å². The van der Waals surface area contributed by atoms with Crippen LogP contribution in [0.3, 0.4) is 0 Å². The molecule has 1 aliphatic heterocycles. The second kappa shape index (κ2) is 6.10. The van der Waals surface area contributed by atoms with Gasteiger partial charge in [0.05, 0.1) is 13.2 Å². The van der Waals surface area contributed by atoms with Gasteiger partial charge in [-0.25, -0.2) is 0 Å². The normalized spacial score (nSPS) is 17.7. The fraction of sp³-hybridized carbons (Fsp3) is 0.381. The minimum Gasteiger partial charge on any atom is -0.504 e. The molecule has 0 unspecified atom stereocenters. The van der Waals surface area contributed by atoms with Gasteiger partial charge in [-0.15, -0.1) is 0 Å². The Balaban J connectivity index is 1.94. The molecule has 1 aliphatic carbocycles. The summed E-state index contributed by atoms with van der Waals surface area (Å²) in [5.74, 6) is 0.902. The molecular weight excluding hydrogens is 314 g/mol. The molecule has 0 aromatic heterocycles. The number of carbonyl (C=O) groups excluding carboxylic acids is 1. The predicted octanol–water partition coefficient (Wildman–Crippen LogP) is 3.85. The molecule has 130 valence electrons. The second-order valence-corrected chi connectivity index (χ2v) is 6.84. The molecule has 0 bridgehead atoms. The molecule has 0 saturated heterocycles. The Morgan fingerprint density at radius 1 is 1.32 bits per heavy atom. The maximum Gasteiger partial charge on any atom is 0.223 e. The number of aromatic hydroxyl groups is 1. The van der Waals surface area contributed by atoms with Gasteiger partial charge in [-0.3, -0.25) is 4.79 Å². The van der Waals surface area contributed by atoms with Gasteiger partial charge >= 0.3 is 0 Å². The van der Waals surface area contributed by atoms with Gasteiger partial charge < -0.3 is 14.7 Å². The van der Waals surface area contributed by atoms with Gasteiger partial charge in [0.15, 0.2) is 11.5 Å². The first kappa shape index (κ1) is 16.0. The smallest absolute Gasteiger partial charge is 0.223 e. The summed E-state index contributed by atoms with van der Waals surface area (Å²) >= 11 is 0. The van der Waals surface area contributed by atoms with E-state index >= 15 is 0 Å². The first-order chi connectivity index (χ1) is 12.2. The van der Waals surface area contributed by atoms with Crippen LogP contribution in [0, 0.1) is 0 Å². The molecule has 1 heterocycles. The van der Waals surface area contributed by atoms with Crippen LogP contribution in [0.4, 0.5) is 0 Å². The Labute approximate surface area is 148 Å². The van der Waals surface area contributed by atoms with Crippen molar-refractivity contribution in [1.82, 2.24) is 4.90 Å². The molecule has 0 spiro atoms. The summed E-state index contributed by atoms with van der Waals surface area (Å²) in [4.78, 5) is 14.7. The van der Waals surface area contributed by atoms with Crippen LogP contribution in [0.2, 0.25) is 0 Å². The van der Waals surface area contributed by atoms with E-state index in [0.29, 0.717) is 12.2 Å². The molecule has 0 radical (unpaired) electrons. The third-order valence-corrected chi connectivity index (χ3v) is 5.43. The van der Waals surface area contributed by atoms with Crippen LogP contribution in [0.25, 0.3) is 11.1 Å². The van der Waals surface area contributed by atoms with Crippen molar-refractivity contribution in [3.8, 4) is 22.6 Å². The van der Waals surface area contributed by atoms with E-state index in [1.54, 1.807) is 7.11 Å². The monoisotopic (exact) mass is 337 g/mol. The maximum atomic E-state index is 12.7. The number of amides is 1. The van der Waals surface area contributed by atoms with Crippen LogP contribution >= 0.6 is 0 Å². The highest BCUT2D eigenvalue weighted by Crippen LogP contribution is 2.52. The van der Waals surface area contributed by atoms with Crippen molar-refractivity contribution in [2.45, 2.75) is 38.6 Å². The van der Waals surface area contributed by atoms with E-state index in [4.69, 9.17) is 4.74 Å². The number of fused-ring (bicyclic) bond motifs is 2. The van der Waals surface area contributed by atoms with E-state index in [1.165, 1.54) is 11.1 Å². The molecule has 2 aliphatic rings. The van der Waals surface area contributed by atoms with Crippen molar-refractivity contribution < 1.29 is 14.6 Å². The Morgan fingerprint density at radius 3 is 2.88 bits per heavy atom. The Kier molecular flexibility index (Phi) is 3.91. The van der Waals surface area contributed by atoms with Crippen molar-refractivity contribution in [2.24, 2.45) is 0 Å². The van der Waals surface area contributed by atoms with E-state index in [-0.39, 0.29) is 17.7 Å². The lowest BCUT2D eigenvalue weighted by Crippen LogP contribution is -2.42. The van der Waals surface area contributed by atoms with Gasteiger partial charge in [-0.05, 0) is 47.6 Å². The summed E-state index contributed by atoms with van der Waals surface area (Å²) in [6.07, 6.45) is 3.03. The lowest BCUT2D eigenvalue weighted by Gasteiger charge is -2.42. The molecule has 25 heavy (non-hydrogen) atoms. The number of benzene rings is 2. The lowest BCUT2D eigenvalue weighted by molar-refractivity contribution is -0.134. The highest BCUT2D eigenvalue weighted by molar-refractivity contribution is 5.85. The summed E-state index contributed by atoms with van der Waals surface area (Å²) < 4.78 is 5.41. The molecule has 2 aromatic carbocycles. The van der Waals surface area contributed by atoms with Crippen LogP contribution in [0.15, 0.2) is 30.3 Å². The number of methoxy groups -OCH3 is 1. The van der Waals surface area contributed by atoms with Crippen LogP contribution in [-0.2, 0) is 17.6 Å². The van der Waals surface area contributed by atoms with Crippen LogP contribution in [0.1, 0.15) is 42.5 Å². The molecular formula is C21H23NO3. The molecule has 0 saturated carbocycles. The zero-order chi connectivity index (χ0) is 17.6. The van der Waals surface area contributed by atoms with E-state index in [1.807, 2.05) is 36.1 Å². The molecule has 1 amide bonds. The van der Waals surface area contributed by atoms with Crippen molar-refractivity contribution in [3.05, 3.63) is 47.0 Å². The van der Waals surface area contributed by atoms with Crippen LogP contribution in [0.5, 0.6) is 11.5 Å². The lowest BCUT2D eigenvalue weighted by atomic mass is 9.76. The third-order valence-electron chi connectivity index (χ3n) is 5.43. The maximum absolute atomic E-state index is 12.7. The Morgan fingerprint density at radius 2 is 2.12 bits per heavy atom. The number of nitrogens with zero attached hydrogens (tertiary/aromatic N) is 1. The van der Waals surface area contributed by atoms with Crippen molar-refractivity contribution in [2.75, 3.05) is 13.7 Å². The molecule has 1 N–H and O–H groups in total. The summed E-state index contributed by atoms with van der Waals surface area (Å²) in [6, 6.07) is 10.1.